The van der Waals surface area contributed by atoms with Gasteiger partial charge in [-0.3, -0.25) is 15.0 Å². The van der Waals surface area contributed by atoms with Crippen LogP contribution in [0.25, 0.3) is 0 Å². The van der Waals surface area contributed by atoms with Crippen molar-refractivity contribution in [2.24, 2.45) is 5.92 Å². The van der Waals surface area contributed by atoms with Crippen molar-refractivity contribution in [3.8, 4) is 0 Å². The molecule has 2 unspecified atom stereocenters. The largest absolute Gasteiger partial charge is 0.480 e. The molecule has 2 aliphatic rings. The lowest BCUT2D eigenvalue weighted by Gasteiger charge is -2.44. The standard InChI is InChI=1S/C17H32N2O2/c1-12(2)11-19(14-7-8-14)15-6-5-9-17(10-15,16(20)21)18-13(3)4/h12-15,18H,5-11H2,1-4H3,(H,20,21). The van der Waals surface area contributed by atoms with Gasteiger partial charge in [-0.25, -0.2) is 0 Å². The molecule has 0 aliphatic heterocycles. The lowest BCUT2D eigenvalue weighted by molar-refractivity contribution is -0.148. The van der Waals surface area contributed by atoms with Crippen LogP contribution >= 0.6 is 0 Å². The summed E-state index contributed by atoms with van der Waals surface area (Å²) in [5.74, 6) is -0.0222. The highest BCUT2D eigenvalue weighted by molar-refractivity contribution is 5.79. The van der Waals surface area contributed by atoms with Gasteiger partial charge in [0.05, 0.1) is 0 Å². The Kier molecular flexibility index (Phi) is 5.31. The van der Waals surface area contributed by atoms with Crippen LogP contribution in [0.2, 0.25) is 0 Å². The van der Waals surface area contributed by atoms with E-state index < -0.39 is 11.5 Å². The molecule has 0 radical (unpaired) electrons. The molecule has 2 atom stereocenters. The molecule has 0 aromatic heterocycles. The quantitative estimate of drug-likeness (QED) is 0.758. The third kappa shape index (κ3) is 4.19. The fraction of sp³-hybridized carbons (Fsp3) is 0.941. The van der Waals surface area contributed by atoms with Crippen molar-refractivity contribution in [2.45, 2.75) is 89.9 Å². The van der Waals surface area contributed by atoms with Crippen LogP contribution in [-0.4, -0.2) is 46.2 Å². The maximum absolute atomic E-state index is 11.9. The Morgan fingerprint density at radius 1 is 1.24 bits per heavy atom. The topological polar surface area (TPSA) is 52.6 Å². The van der Waals surface area contributed by atoms with E-state index in [-0.39, 0.29) is 6.04 Å². The minimum Gasteiger partial charge on any atom is -0.480 e. The molecule has 4 heteroatoms. The van der Waals surface area contributed by atoms with Crippen LogP contribution in [0.4, 0.5) is 0 Å². The predicted octanol–water partition coefficient (Wildman–Crippen LogP) is 2.87. The number of nitrogens with one attached hydrogen (secondary N) is 1. The molecular weight excluding hydrogens is 264 g/mol. The van der Waals surface area contributed by atoms with Crippen molar-refractivity contribution in [2.75, 3.05) is 6.54 Å². The van der Waals surface area contributed by atoms with Crippen LogP contribution in [0.3, 0.4) is 0 Å². The van der Waals surface area contributed by atoms with Gasteiger partial charge >= 0.3 is 5.97 Å². The van der Waals surface area contributed by atoms with Crippen LogP contribution in [-0.2, 0) is 4.79 Å². The molecule has 2 N–H and O–H groups in total. The number of carboxylic acids is 1. The Balaban J connectivity index is 2.11. The van der Waals surface area contributed by atoms with Crippen molar-refractivity contribution < 1.29 is 9.90 Å². The molecular formula is C17H32N2O2. The predicted molar refractivity (Wildman–Crippen MR) is 85.5 cm³/mol. The lowest BCUT2D eigenvalue weighted by Crippen LogP contribution is -2.60. The molecule has 0 bridgehead atoms. The van der Waals surface area contributed by atoms with E-state index in [1.54, 1.807) is 0 Å². The summed E-state index contributed by atoms with van der Waals surface area (Å²) in [5.41, 5.74) is -0.721. The second-order valence-corrected chi connectivity index (χ2v) is 7.76. The molecule has 0 saturated heterocycles. The number of carboxylic acid groups (broad SMARTS) is 1. The first-order valence-electron chi connectivity index (χ1n) is 8.61. The van der Waals surface area contributed by atoms with Gasteiger partial charge in [0.25, 0.3) is 0 Å². The Hall–Kier alpha value is -0.610. The monoisotopic (exact) mass is 296 g/mol. The van der Waals surface area contributed by atoms with Gasteiger partial charge in [0.15, 0.2) is 0 Å². The van der Waals surface area contributed by atoms with E-state index in [2.05, 4.69) is 24.1 Å². The van der Waals surface area contributed by atoms with E-state index in [1.807, 2.05) is 13.8 Å². The molecule has 21 heavy (non-hydrogen) atoms. The van der Waals surface area contributed by atoms with E-state index in [9.17, 15) is 9.90 Å². The van der Waals surface area contributed by atoms with Crippen molar-refractivity contribution in [3.63, 3.8) is 0 Å². The molecule has 122 valence electrons. The van der Waals surface area contributed by atoms with Gasteiger partial charge in [-0.1, -0.05) is 13.8 Å². The molecule has 2 fully saturated rings. The van der Waals surface area contributed by atoms with E-state index in [4.69, 9.17) is 0 Å². The first-order chi connectivity index (χ1) is 9.84. The summed E-state index contributed by atoms with van der Waals surface area (Å²) in [5, 5.41) is 13.2. The van der Waals surface area contributed by atoms with Crippen molar-refractivity contribution in [3.05, 3.63) is 0 Å². The van der Waals surface area contributed by atoms with Gasteiger partial charge in [0, 0.05) is 24.7 Å². The fourth-order valence-corrected chi connectivity index (χ4v) is 3.89. The highest BCUT2D eigenvalue weighted by Crippen LogP contribution is 2.38. The average molecular weight is 296 g/mol. The summed E-state index contributed by atoms with van der Waals surface area (Å²) in [6.07, 6.45) is 6.26. The molecule has 2 rings (SSSR count). The van der Waals surface area contributed by atoms with Gasteiger partial charge < -0.3 is 5.11 Å². The van der Waals surface area contributed by atoms with Gasteiger partial charge in [0.2, 0.25) is 0 Å². The van der Waals surface area contributed by atoms with Crippen LogP contribution < -0.4 is 5.32 Å². The number of carbonyl (C=O) groups is 1. The average Bonchev–Trinajstić information content (AvgIpc) is 3.19. The van der Waals surface area contributed by atoms with Crippen LogP contribution in [0.1, 0.15) is 66.2 Å². The first-order valence-corrected chi connectivity index (χ1v) is 8.61. The summed E-state index contributed by atoms with van der Waals surface area (Å²) in [7, 11) is 0. The molecule has 0 amide bonds. The van der Waals surface area contributed by atoms with E-state index >= 15 is 0 Å². The maximum Gasteiger partial charge on any atom is 0.323 e. The maximum atomic E-state index is 11.9. The minimum atomic E-state index is -0.721. The third-order valence-electron chi connectivity index (χ3n) is 4.76. The summed E-state index contributed by atoms with van der Waals surface area (Å²) >= 11 is 0. The van der Waals surface area contributed by atoms with E-state index in [1.165, 1.54) is 12.8 Å². The summed E-state index contributed by atoms with van der Waals surface area (Å²) in [6.45, 7) is 9.71. The first kappa shape index (κ1) is 16.8. The highest BCUT2D eigenvalue weighted by atomic mass is 16.4. The SMILES string of the molecule is CC(C)CN(C1CC1)C1CCCC(NC(C)C)(C(=O)O)C1. The van der Waals surface area contributed by atoms with Crippen LogP contribution in [0.15, 0.2) is 0 Å². The number of rotatable bonds is 7. The molecule has 4 nitrogen and oxygen atoms in total. The van der Waals surface area contributed by atoms with Gasteiger partial charge in [-0.2, -0.15) is 0 Å². The Morgan fingerprint density at radius 3 is 2.38 bits per heavy atom. The Bertz CT molecular complexity index is 366. The number of hydrogen-bond donors (Lipinski definition) is 2. The van der Waals surface area contributed by atoms with Crippen molar-refractivity contribution in [1.82, 2.24) is 10.2 Å². The zero-order valence-electron chi connectivity index (χ0n) is 14.1. The smallest absolute Gasteiger partial charge is 0.323 e. The highest BCUT2D eigenvalue weighted by Gasteiger charge is 2.46. The number of aliphatic carboxylic acids is 1. The van der Waals surface area contributed by atoms with Gasteiger partial charge in [-0.05, 0) is 58.3 Å². The fourth-order valence-electron chi connectivity index (χ4n) is 3.89. The normalized spacial score (nSPS) is 30.3. The Morgan fingerprint density at radius 2 is 1.90 bits per heavy atom. The summed E-state index contributed by atoms with van der Waals surface area (Å²) in [4.78, 5) is 14.5. The van der Waals surface area contributed by atoms with E-state index in [0.29, 0.717) is 18.0 Å². The number of nitrogens with zero attached hydrogens (tertiary/aromatic N) is 1. The van der Waals surface area contributed by atoms with Crippen LogP contribution in [0.5, 0.6) is 0 Å². The summed E-state index contributed by atoms with van der Waals surface area (Å²) in [6, 6.07) is 1.34. The van der Waals surface area contributed by atoms with Crippen LogP contribution in [0, 0.1) is 5.92 Å². The molecule has 0 spiro atoms. The lowest BCUT2D eigenvalue weighted by atomic mass is 9.77. The van der Waals surface area contributed by atoms with Crippen molar-refractivity contribution >= 4 is 5.97 Å². The molecule has 2 saturated carbocycles. The molecule has 0 aromatic carbocycles. The zero-order valence-corrected chi connectivity index (χ0v) is 14.1. The van der Waals surface area contributed by atoms with Crippen molar-refractivity contribution in [1.29, 1.82) is 0 Å². The molecule has 0 heterocycles. The molecule has 0 aromatic rings. The number of hydrogen-bond acceptors (Lipinski definition) is 3. The van der Waals surface area contributed by atoms with Gasteiger partial charge in [0.1, 0.15) is 5.54 Å². The van der Waals surface area contributed by atoms with E-state index in [0.717, 1.165) is 32.2 Å². The summed E-state index contributed by atoms with van der Waals surface area (Å²) < 4.78 is 0. The third-order valence-corrected chi connectivity index (χ3v) is 4.76. The second-order valence-electron chi connectivity index (χ2n) is 7.76. The molecule has 2 aliphatic carbocycles. The zero-order chi connectivity index (χ0) is 15.6. The Labute approximate surface area is 129 Å². The van der Waals surface area contributed by atoms with Gasteiger partial charge in [-0.15, -0.1) is 0 Å². The minimum absolute atomic E-state index is 0.208. The second kappa shape index (κ2) is 6.66.